The van der Waals surface area contributed by atoms with E-state index in [4.69, 9.17) is 5.11 Å². The number of carbonyl (C=O) groups is 1. The summed E-state index contributed by atoms with van der Waals surface area (Å²) in [6.45, 7) is 1.28. The molecule has 2 N–H and O–H groups in total. The van der Waals surface area contributed by atoms with E-state index in [1.807, 2.05) is 6.07 Å². The quantitative estimate of drug-likeness (QED) is 0.766. The topological polar surface area (TPSA) is 67.2 Å². The fraction of sp³-hybridized carbons (Fsp3) is 0.200. The van der Waals surface area contributed by atoms with Crippen molar-refractivity contribution in [3.63, 3.8) is 0 Å². The third-order valence-corrected chi connectivity index (χ3v) is 2.10. The Hall–Kier alpha value is -1.88. The Kier molecular flexibility index (Phi) is 2.39. The van der Waals surface area contributed by atoms with Crippen molar-refractivity contribution in [1.29, 1.82) is 0 Å². The maximum absolute atomic E-state index is 10.9. The van der Waals surface area contributed by atoms with E-state index in [2.05, 4.69) is 10.4 Å². The predicted octanol–water partition coefficient (Wildman–Crippen LogP) is 0.944. The highest BCUT2D eigenvalue weighted by Gasteiger charge is 2.03. The monoisotopic (exact) mass is 205 g/mol. The molecule has 5 nitrogen and oxygen atoms in total. The molecule has 0 spiro atoms. The van der Waals surface area contributed by atoms with Crippen LogP contribution in [0.1, 0.15) is 6.92 Å². The third-order valence-electron chi connectivity index (χ3n) is 2.10. The van der Waals surface area contributed by atoms with E-state index in [0.717, 1.165) is 10.9 Å². The first-order valence-corrected chi connectivity index (χ1v) is 4.55. The number of anilines is 1. The molecule has 0 fully saturated rings. The van der Waals surface area contributed by atoms with Crippen LogP contribution in [0.15, 0.2) is 24.4 Å². The summed E-state index contributed by atoms with van der Waals surface area (Å²) in [7, 11) is 0. The fourth-order valence-corrected chi connectivity index (χ4v) is 1.46. The molecule has 0 saturated heterocycles. The van der Waals surface area contributed by atoms with Gasteiger partial charge in [-0.25, -0.2) is 4.68 Å². The van der Waals surface area contributed by atoms with Gasteiger partial charge in [0.1, 0.15) is 6.73 Å². The molecule has 0 aliphatic heterocycles. The van der Waals surface area contributed by atoms with Gasteiger partial charge in [0.05, 0.1) is 11.7 Å². The summed E-state index contributed by atoms with van der Waals surface area (Å²) in [6, 6.07) is 5.42. The van der Waals surface area contributed by atoms with Crippen LogP contribution in [-0.2, 0) is 11.5 Å². The molecule has 0 unspecified atom stereocenters. The Balaban J connectivity index is 2.47. The summed E-state index contributed by atoms with van der Waals surface area (Å²) in [5.41, 5.74) is 1.49. The molecule has 1 aromatic carbocycles. The molecule has 15 heavy (non-hydrogen) atoms. The van der Waals surface area contributed by atoms with Gasteiger partial charge in [-0.2, -0.15) is 5.10 Å². The van der Waals surface area contributed by atoms with E-state index in [0.29, 0.717) is 5.69 Å². The van der Waals surface area contributed by atoms with Gasteiger partial charge in [-0.15, -0.1) is 0 Å². The summed E-state index contributed by atoms with van der Waals surface area (Å²) in [5.74, 6) is -0.121. The van der Waals surface area contributed by atoms with Crippen molar-refractivity contribution in [3.8, 4) is 0 Å². The van der Waals surface area contributed by atoms with Crippen molar-refractivity contribution in [3.05, 3.63) is 24.4 Å². The molecule has 1 heterocycles. The number of rotatable bonds is 2. The molecule has 0 radical (unpaired) electrons. The number of amides is 1. The van der Waals surface area contributed by atoms with Crippen molar-refractivity contribution < 1.29 is 9.90 Å². The van der Waals surface area contributed by atoms with Crippen LogP contribution in [-0.4, -0.2) is 20.8 Å². The Bertz CT molecular complexity index is 504. The van der Waals surface area contributed by atoms with Crippen LogP contribution in [0, 0.1) is 0 Å². The summed E-state index contributed by atoms with van der Waals surface area (Å²) in [4.78, 5) is 10.9. The Morgan fingerprint density at radius 1 is 1.60 bits per heavy atom. The lowest BCUT2D eigenvalue weighted by Crippen LogP contribution is -2.06. The maximum Gasteiger partial charge on any atom is 0.221 e. The summed E-state index contributed by atoms with van der Waals surface area (Å²) in [6.07, 6.45) is 1.67. The minimum Gasteiger partial charge on any atom is -0.374 e. The number of fused-ring (bicyclic) bond motifs is 1. The van der Waals surface area contributed by atoms with Crippen LogP contribution in [0.25, 0.3) is 10.9 Å². The van der Waals surface area contributed by atoms with E-state index in [9.17, 15) is 4.79 Å². The van der Waals surface area contributed by atoms with Crippen LogP contribution in [0.4, 0.5) is 5.69 Å². The number of aliphatic hydroxyl groups excluding tert-OH is 1. The minimum atomic E-state index is -0.174. The Labute approximate surface area is 86.3 Å². The van der Waals surface area contributed by atoms with Crippen molar-refractivity contribution in [1.82, 2.24) is 9.78 Å². The number of nitrogens with one attached hydrogen (secondary N) is 1. The molecule has 1 amide bonds. The molecule has 2 rings (SSSR count). The fourth-order valence-electron chi connectivity index (χ4n) is 1.46. The Morgan fingerprint density at radius 2 is 2.40 bits per heavy atom. The SMILES string of the molecule is CC(=O)Nc1ccc2cnn(CO)c2c1. The zero-order chi connectivity index (χ0) is 10.8. The smallest absolute Gasteiger partial charge is 0.221 e. The normalized spacial score (nSPS) is 10.5. The first-order chi connectivity index (χ1) is 7.20. The lowest BCUT2D eigenvalue weighted by Gasteiger charge is -2.03. The molecule has 2 aromatic rings. The number of aliphatic hydroxyl groups is 1. The van der Waals surface area contributed by atoms with Gasteiger partial charge in [0.25, 0.3) is 0 Å². The van der Waals surface area contributed by atoms with Crippen LogP contribution in [0.3, 0.4) is 0 Å². The van der Waals surface area contributed by atoms with E-state index in [-0.39, 0.29) is 12.6 Å². The molecule has 0 aliphatic carbocycles. The maximum atomic E-state index is 10.9. The van der Waals surface area contributed by atoms with Crippen LogP contribution < -0.4 is 5.32 Å². The lowest BCUT2D eigenvalue weighted by atomic mass is 10.2. The predicted molar refractivity (Wildman–Crippen MR) is 56.3 cm³/mol. The van der Waals surface area contributed by atoms with Crippen LogP contribution in [0.2, 0.25) is 0 Å². The molecule has 1 aromatic heterocycles. The van der Waals surface area contributed by atoms with Gasteiger partial charge in [-0.3, -0.25) is 4.79 Å². The van der Waals surface area contributed by atoms with Crippen molar-refractivity contribution in [2.24, 2.45) is 0 Å². The van der Waals surface area contributed by atoms with Crippen molar-refractivity contribution in [2.75, 3.05) is 5.32 Å². The molecular weight excluding hydrogens is 194 g/mol. The second-order valence-electron chi connectivity index (χ2n) is 3.24. The van der Waals surface area contributed by atoms with E-state index in [1.165, 1.54) is 11.6 Å². The number of hydrogen-bond acceptors (Lipinski definition) is 3. The molecule has 78 valence electrons. The average molecular weight is 205 g/mol. The summed E-state index contributed by atoms with van der Waals surface area (Å²) in [5, 5.41) is 16.6. The van der Waals surface area contributed by atoms with E-state index >= 15 is 0 Å². The number of hydrogen-bond donors (Lipinski definition) is 2. The van der Waals surface area contributed by atoms with E-state index in [1.54, 1.807) is 18.3 Å². The molecule has 0 saturated carbocycles. The summed E-state index contributed by atoms with van der Waals surface area (Å²) < 4.78 is 1.46. The van der Waals surface area contributed by atoms with Crippen molar-refractivity contribution in [2.45, 2.75) is 13.7 Å². The number of nitrogens with zero attached hydrogens (tertiary/aromatic N) is 2. The highest BCUT2D eigenvalue weighted by molar-refractivity contribution is 5.92. The van der Waals surface area contributed by atoms with Gasteiger partial charge in [0.2, 0.25) is 5.91 Å². The molecule has 0 aliphatic rings. The highest BCUT2D eigenvalue weighted by atomic mass is 16.3. The lowest BCUT2D eigenvalue weighted by molar-refractivity contribution is -0.114. The number of benzene rings is 1. The van der Waals surface area contributed by atoms with E-state index < -0.39 is 0 Å². The first kappa shape index (κ1) is 9.67. The third kappa shape index (κ3) is 1.82. The first-order valence-electron chi connectivity index (χ1n) is 4.55. The van der Waals surface area contributed by atoms with Gasteiger partial charge in [0, 0.05) is 18.0 Å². The largest absolute Gasteiger partial charge is 0.374 e. The van der Waals surface area contributed by atoms with Gasteiger partial charge in [-0.05, 0) is 18.2 Å². The standard InChI is InChI=1S/C10H11N3O2/c1-7(15)12-9-3-2-8-5-11-13(6-14)10(8)4-9/h2-5,14H,6H2,1H3,(H,12,15). The molecule has 0 atom stereocenters. The Morgan fingerprint density at radius 3 is 3.07 bits per heavy atom. The zero-order valence-corrected chi connectivity index (χ0v) is 8.27. The summed E-state index contributed by atoms with van der Waals surface area (Å²) >= 11 is 0. The molecule has 0 bridgehead atoms. The van der Waals surface area contributed by atoms with Gasteiger partial charge >= 0.3 is 0 Å². The minimum absolute atomic E-state index is 0.121. The van der Waals surface area contributed by atoms with Crippen LogP contribution in [0.5, 0.6) is 0 Å². The average Bonchev–Trinajstić information content (AvgIpc) is 2.59. The molecule has 5 heteroatoms. The second-order valence-corrected chi connectivity index (χ2v) is 3.24. The van der Waals surface area contributed by atoms with Gasteiger partial charge in [0.15, 0.2) is 0 Å². The highest BCUT2D eigenvalue weighted by Crippen LogP contribution is 2.18. The number of carbonyl (C=O) groups excluding carboxylic acids is 1. The van der Waals surface area contributed by atoms with Gasteiger partial charge in [-0.1, -0.05) is 0 Å². The second kappa shape index (κ2) is 3.70. The molecular formula is C10H11N3O2. The van der Waals surface area contributed by atoms with Crippen molar-refractivity contribution >= 4 is 22.5 Å². The van der Waals surface area contributed by atoms with Gasteiger partial charge < -0.3 is 10.4 Å². The number of aromatic nitrogens is 2. The van der Waals surface area contributed by atoms with Crippen LogP contribution >= 0.6 is 0 Å². The zero-order valence-electron chi connectivity index (χ0n) is 8.27.